The normalized spacial score (nSPS) is 11.4. The Morgan fingerprint density at radius 2 is 1.60 bits per heavy atom. The van der Waals surface area contributed by atoms with Crippen LogP contribution in [0.15, 0.2) is 54.6 Å². The molecule has 1 amide bonds. The highest BCUT2D eigenvalue weighted by Crippen LogP contribution is 2.33. The molecule has 0 aliphatic carbocycles. The highest BCUT2D eigenvalue weighted by molar-refractivity contribution is 7.15. The SMILES string of the molecule is Cc1sc(-c2ccccc2)nc1-c1ccc(NC(=O)C(C)(C)C)cc1. The van der Waals surface area contributed by atoms with Crippen molar-refractivity contribution in [2.24, 2.45) is 5.41 Å². The number of aromatic nitrogens is 1. The van der Waals surface area contributed by atoms with Crippen LogP contribution < -0.4 is 5.32 Å². The van der Waals surface area contributed by atoms with Gasteiger partial charge in [0.25, 0.3) is 0 Å². The van der Waals surface area contributed by atoms with E-state index in [9.17, 15) is 4.79 Å². The van der Waals surface area contributed by atoms with Gasteiger partial charge in [-0.05, 0) is 19.1 Å². The molecule has 3 rings (SSSR count). The topological polar surface area (TPSA) is 42.0 Å². The maximum atomic E-state index is 12.1. The lowest BCUT2D eigenvalue weighted by Gasteiger charge is -2.17. The van der Waals surface area contributed by atoms with E-state index in [4.69, 9.17) is 4.98 Å². The third kappa shape index (κ3) is 3.97. The number of carbonyl (C=O) groups is 1. The van der Waals surface area contributed by atoms with Crippen molar-refractivity contribution >= 4 is 22.9 Å². The molecule has 1 aromatic heterocycles. The number of rotatable bonds is 3. The highest BCUT2D eigenvalue weighted by atomic mass is 32.1. The van der Waals surface area contributed by atoms with Gasteiger partial charge < -0.3 is 5.32 Å². The molecule has 3 aromatic rings. The number of benzene rings is 2. The van der Waals surface area contributed by atoms with E-state index in [1.165, 1.54) is 4.88 Å². The van der Waals surface area contributed by atoms with Crippen LogP contribution in [-0.2, 0) is 4.79 Å². The van der Waals surface area contributed by atoms with Crippen LogP contribution in [0.25, 0.3) is 21.8 Å². The molecule has 0 unspecified atom stereocenters. The Morgan fingerprint density at radius 1 is 0.960 bits per heavy atom. The van der Waals surface area contributed by atoms with Crippen LogP contribution in [0.1, 0.15) is 25.6 Å². The number of anilines is 1. The van der Waals surface area contributed by atoms with Crippen LogP contribution in [0.2, 0.25) is 0 Å². The maximum Gasteiger partial charge on any atom is 0.229 e. The molecule has 0 radical (unpaired) electrons. The summed E-state index contributed by atoms with van der Waals surface area (Å²) in [5.41, 5.74) is 3.59. The molecule has 0 spiro atoms. The van der Waals surface area contributed by atoms with Gasteiger partial charge in [0, 0.05) is 27.1 Å². The molecule has 0 saturated heterocycles. The fraction of sp³-hybridized carbons (Fsp3) is 0.238. The lowest BCUT2D eigenvalue weighted by molar-refractivity contribution is -0.123. The minimum Gasteiger partial charge on any atom is -0.326 e. The maximum absolute atomic E-state index is 12.1. The third-order valence-corrected chi connectivity index (χ3v) is 4.93. The third-order valence-electron chi connectivity index (χ3n) is 3.91. The summed E-state index contributed by atoms with van der Waals surface area (Å²) in [4.78, 5) is 18.1. The van der Waals surface area contributed by atoms with E-state index in [1.54, 1.807) is 11.3 Å². The van der Waals surface area contributed by atoms with Crippen LogP contribution in [0, 0.1) is 12.3 Å². The average Bonchev–Trinajstić information content (AvgIpc) is 2.97. The van der Waals surface area contributed by atoms with E-state index in [2.05, 4.69) is 24.4 Å². The molecular weight excluding hydrogens is 328 g/mol. The van der Waals surface area contributed by atoms with Crippen molar-refractivity contribution in [1.29, 1.82) is 0 Å². The van der Waals surface area contributed by atoms with Crippen LogP contribution >= 0.6 is 11.3 Å². The summed E-state index contributed by atoms with van der Waals surface area (Å²) in [5.74, 6) is 0.0106. The summed E-state index contributed by atoms with van der Waals surface area (Å²) >= 11 is 1.70. The van der Waals surface area contributed by atoms with Crippen molar-refractivity contribution in [2.45, 2.75) is 27.7 Å². The van der Waals surface area contributed by atoms with Crippen molar-refractivity contribution in [1.82, 2.24) is 4.98 Å². The van der Waals surface area contributed by atoms with E-state index in [0.29, 0.717) is 0 Å². The Balaban J connectivity index is 1.84. The Bertz CT molecular complexity index is 875. The van der Waals surface area contributed by atoms with Gasteiger partial charge in [0.2, 0.25) is 5.91 Å². The number of hydrogen-bond acceptors (Lipinski definition) is 3. The monoisotopic (exact) mass is 350 g/mol. The first-order valence-electron chi connectivity index (χ1n) is 8.29. The van der Waals surface area contributed by atoms with Gasteiger partial charge in [0.15, 0.2) is 0 Å². The van der Waals surface area contributed by atoms with Gasteiger partial charge in [0.1, 0.15) is 5.01 Å². The molecule has 128 valence electrons. The first kappa shape index (κ1) is 17.4. The highest BCUT2D eigenvalue weighted by Gasteiger charge is 2.21. The second kappa shape index (κ2) is 6.81. The second-order valence-electron chi connectivity index (χ2n) is 7.07. The zero-order valence-corrected chi connectivity index (χ0v) is 15.8. The molecule has 3 nitrogen and oxygen atoms in total. The number of amides is 1. The molecule has 0 aliphatic heterocycles. The largest absolute Gasteiger partial charge is 0.326 e. The van der Waals surface area contributed by atoms with Crippen molar-refractivity contribution in [2.75, 3.05) is 5.32 Å². The molecule has 0 atom stereocenters. The lowest BCUT2D eigenvalue weighted by atomic mass is 9.95. The number of carbonyl (C=O) groups excluding carboxylic acids is 1. The van der Waals surface area contributed by atoms with Crippen molar-refractivity contribution in [3.8, 4) is 21.8 Å². The fourth-order valence-electron chi connectivity index (χ4n) is 2.40. The number of nitrogens with zero attached hydrogens (tertiary/aromatic N) is 1. The van der Waals surface area contributed by atoms with Crippen LogP contribution in [0.4, 0.5) is 5.69 Å². The zero-order valence-electron chi connectivity index (χ0n) is 15.0. The molecule has 0 bridgehead atoms. The van der Waals surface area contributed by atoms with Gasteiger partial charge in [-0.2, -0.15) is 0 Å². The van der Waals surface area contributed by atoms with E-state index in [-0.39, 0.29) is 5.91 Å². The summed E-state index contributed by atoms with van der Waals surface area (Å²) in [7, 11) is 0. The molecule has 0 fully saturated rings. The summed E-state index contributed by atoms with van der Waals surface area (Å²) in [6.45, 7) is 7.80. The predicted molar refractivity (Wildman–Crippen MR) is 106 cm³/mol. The van der Waals surface area contributed by atoms with E-state index in [0.717, 1.165) is 27.5 Å². The number of aryl methyl sites for hydroxylation is 1. The van der Waals surface area contributed by atoms with Crippen LogP contribution in [0.3, 0.4) is 0 Å². The molecular formula is C21H22N2OS. The van der Waals surface area contributed by atoms with E-state index in [1.807, 2.05) is 63.2 Å². The van der Waals surface area contributed by atoms with Crippen molar-refractivity contribution < 1.29 is 4.79 Å². The van der Waals surface area contributed by atoms with Gasteiger partial charge in [0.05, 0.1) is 5.69 Å². The van der Waals surface area contributed by atoms with Gasteiger partial charge in [-0.3, -0.25) is 4.79 Å². The van der Waals surface area contributed by atoms with Gasteiger partial charge >= 0.3 is 0 Å². The number of nitrogens with one attached hydrogen (secondary N) is 1. The number of hydrogen-bond donors (Lipinski definition) is 1. The predicted octanol–water partition coefficient (Wildman–Crippen LogP) is 5.77. The van der Waals surface area contributed by atoms with E-state index < -0.39 is 5.41 Å². The van der Waals surface area contributed by atoms with E-state index >= 15 is 0 Å². The Morgan fingerprint density at radius 3 is 2.20 bits per heavy atom. The second-order valence-corrected chi connectivity index (χ2v) is 8.27. The minimum absolute atomic E-state index is 0.0106. The molecule has 0 aliphatic rings. The van der Waals surface area contributed by atoms with Gasteiger partial charge in [-0.15, -0.1) is 11.3 Å². The van der Waals surface area contributed by atoms with Crippen molar-refractivity contribution in [3.05, 3.63) is 59.5 Å². The van der Waals surface area contributed by atoms with Crippen molar-refractivity contribution in [3.63, 3.8) is 0 Å². The lowest BCUT2D eigenvalue weighted by Crippen LogP contribution is -2.27. The first-order chi connectivity index (χ1) is 11.8. The molecule has 0 saturated carbocycles. The summed E-state index contributed by atoms with van der Waals surface area (Å²) in [6, 6.07) is 18.1. The molecule has 1 heterocycles. The van der Waals surface area contributed by atoms with Gasteiger partial charge in [-0.1, -0.05) is 63.2 Å². The van der Waals surface area contributed by atoms with Crippen LogP contribution in [-0.4, -0.2) is 10.9 Å². The quantitative estimate of drug-likeness (QED) is 0.651. The smallest absolute Gasteiger partial charge is 0.229 e. The summed E-state index contributed by atoms with van der Waals surface area (Å²) in [5, 5.41) is 3.98. The molecule has 2 aromatic carbocycles. The number of thiazole rings is 1. The molecule has 25 heavy (non-hydrogen) atoms. The molecule has 4 heteroatoms. The average molecular weight is 350 g/mol. The first-order valence-corrected chi connectivity index (χ1v) is 9.11. The Hall–Kier alpha value is -2.46. The minimum atomic E-state index is -0.408. The molecule has 1 N–H and O–H groups in total. The summed E-state index contributed by atoms with van der Waals surface area (Å²) < 4.78 is 0. The van der Waals surface area contributed by atoms with Crippen LogP contribution in [0.5, 0.6) is 0 Å². The summed E-state index contributed by atoms with van der Waals surface area (Å²) in [6.07, 6.45) is 0. The zero-order chi connectivity index (χ0) is 18.0. The van der Waals surface area contributed by atoms with Gasteiger partial charge in [-0.25, -0.2) is 4.98 Å². The fourth-order valence-corrected chi connectivity index (χ4v) is 3.34. The standard InChI is InChI=1S/C21H22N2OS/c1-14-18(23-19(25-14)16-8-6-5-7-9-16)15-10-12-17(13-11-15)22-20(24)21(2,3)4/h5-13H,1-4H3,(H,22,24). The Kier molecular flexibility index (Phi) is 4.73. The Labute approximate surface area is 152 Å².